The number of carbonyl (C=O) groups is 4. The lowest BCUT2D eigenvalue weighted by Crippen LogP contribution is -2.58. The van der Waals surface area contributed by atoms with E-state index in [1.165, 1.54) is 27.7 Å². The van der Waals surface area contributed by atoms with Gasteiger partial charge in [-0.05, 0) is 12.1 Å². The normalized spacial score (nSPS) is 25.2. The van der Waals surface area contributed by atoms with Crippen LogP contribution in [0.15, 0.2) is 29.4 Å². The van der Waals surface area contributed by atoms with E-state index in [0.717, 1.165) is 11.8 Å². The molecule has 5 atom stereocenters. The average Bonchev–Trinajstić information content (AvgIpc) is 2.68. The van der Waals surface area contributed by atoms with Gasteiger partial charge in [-0.1, -0.05) is 17.8 Å². The summed E-state index contributed by atoms with van der Waals surface area (Å²) in [6.45, 7) is 4.54. The maximum absolute atomic E-state index is 11.8. The highest BCUT2D eigenvalue weighted by Gasteiger charge is 2.51. The third-order valence-electron chi connectivity index (χ3n) is 4.21. The lowest BCUT2D eigenvalue weighted by Gasteiger charge is -2.44. The van der Waals surface area contributed by atoms with Crippen LogP contribution in [0.3, 0.4) is 0 Å². The lowest BCUT2D eigenvalue weighted by molar-refractivity contribution is -0.222. The fourth-order valence-electron chi connectivity index (χ4n) is 3.03. The van der Waals surface area contributed by atoms with E-state index in [1.54, 1.807) is 24.4 Å². The van der Waals surface area contributed by atoms with Gasteiger partial charge in [-0.25, -0.2) is 4.98 Å². The number of nitrogens with zero attached hydrogens (tertiary/aromatic N) is 1. The Balaban J connectivity index is 2.40. The van der Waals surface area contributed by atoms with Crippen molar-refractivity contribution in [3.63, 3.8) is 0 Å². The van der Waals surface area contributed by atoms with Crippen molar-refractivity contribution in [2.24, 2.45) is 5.92 Å². The number of ether oxygens (including phenoxy) is 5. The molecule has 1 aromatic rings. The van der Waals surface area contributed by atoms with Gasteiger partial charge in [0, 0.05) is 33.9 Å². The summed E-state index contributed by atoms with van der Waals surface area (Å²) in [6, 6.07) is 5.27. The zero-order chi connectivity index (χ0) is 23.0. The fraction of sp³-hybridized carbons (Fsp3) is 0.550. The van der Waals surface area contributed by atoms with Crippen molar-refractivity contribution in [3.8, 4) is 0 Å². The first kappa shape index (κ1) is 24.6. The van der Waals surface area contributed by atoms with Crippen LogP contribution in [0.25, 0.3) is 0 Å². The Bertz CT molecular complexity index is 788. The molecule has 0 saturated carbocycles. The number of carbonyl (C=O) groups excluding carboxylic acids is 4. The van der Waals surface area contributed by atoms with Crippen LogP contribution in [0.1, 0.15) is 27.7 Å². The first-order chi connectivity index (χ1) is 14.7. The second-order valence-corrected chi connectivity index (χ2v) is 7.86. The number of thioether (sulfide) groups is 1. The lowest BCUT2D eigenvalue weighted by atomic mass is 9.90. The quantitative estimate of drug-likeness (QED) is 0.418. The zero-order valence-electron chi connectivity index (χ0n) is 17.6. The first-order valence-electron chi connectivity index (χ1n) is 9.51. The second kappa shape index (κ2) is 11.7. The molecule has 0 radical (unpaired) electrons. The van der Waals surface area contributed by atoms with Crippen LogP contribution < -0.4 is 0 Å². The molecule has 0 aromatic carbocycles. The maximum atomic E-state index is 11.8. The number of hydrogen-bond donors (Lipinski definition) is 0. The fourth-order valence-corrected chi connectivity index (χ4v) is 4.09. The Morgan fingerprint density at radius 3 is 2.06 bits per heavy atom. The van der Waals surface area contributed by atoms with Crippen molar-refractivity contribution >= 4 is 35.6 Å². The van der Waals surface area contributed by atoms with Crippen molar-refractivity contribution in [1.29, 1.82) is 0 Å². The molecule has 2 rings (SSSR count). The van der Waals surface area contributed by atoms with Crippen molar-refractivity contribution in [3.05, 3.63) is 24.4 Å². The predicted molar refractivity (Wildman–Crippen MR) is 107 cm³/mol. The molecule has 1 aliphatic rings. The number of aromatic nitrogens is 1. The molecule has 1 aliphatic heterocycles. The maximum Gasteiger partial charge on any atom is 0.303 e. The van der Waals surface area contributed by atoms with Gasteiger partial charge in [0.1, 0.15) is 24.8 Å². The van der Waals surface area contributed by atoms with Crippen molar-refractivity contribution in [2.75, 3.05) is 13.2 Å². The highest BCUT2D eigenvalue weighted by Crippen LogP contribution is 2.38. The van der Waals surface area contributed by atoms with E-state index in [-0.39, 0.29) is 13.2 Å². The SMILES string of the molecule is CC(=O)OC[C@H]1[C@@H](OC(C)=O)[C@@H](OC(C)=O)[C@@H](Sc2ccccn2)O[C@H]1COC(C)=O. The summed E-state index contributed by atoms with van der Waals surface area (Å²) in [5, 5.41) is 0.580. The summed E-state index contributed by atoms with van der Waals surface area (Å²) in [5.74, 6) is -3.07. The first-order valence-corrected chi connectivity index (χ1v) is 10.4. The summed E-state index contributed by atoms with van der Waals surface area (Å²) >= 11 is 1.16. The monoisotopic (exact) mass is 455 g/mol. The summed E-state index contributed by atoms with van der Waals surface area (Å²) in [5.41, 5.74) is -0.836. The molecule has 0 amide bonds. The molecule has 170 valence electrons. The molecule has 31 heavy (non-hydrogen) atoms. The standard InChI is InChI=1S/C20H25NO9S/c1-11(22)26-9-15-16(10-27-12(2)23)30-20(31-17-7-5-6-8-21-17)19(29-14(4)25)18(15)28-13(3)24/h5-8,15-16,18-20H,9-10H2,1-4H3/t15-,16+,18-,19-,20-/m1/s1. The van der Waals surface area contributed by atoms with E-state index in [4.69, 9.17) is 23.7 Å². The Hall–Kier alpha value is -2.66. The predicted octanol–water partition coefficient (Wildman–Crippen LogP) is 1.50. The molecule has 11 heteroatoms. The van der Waals surface area contributed by atoms with Gasteiger partial charge in [-0.3, -0.25) is 19.2 Å². The van der Waals surface area contributed by atoms with Crippen LogP contribution >= 0.6 is 11.8 Å². The van der Waals surface area contributed by atoms with Gasteiger partial charge < -0.3 is 23.7 Å². The number of hydrogen-bond acceptors (Lipinski definition) is 11. The molecule has 1 aromatic heterocycles. The third-order valence-corrected chi connectivity index (χ3v) is 5.30. The van der Waals surface area contributed by atoms with Crippen LogP contribution in [-0.4, -0.2) is 65.8 Å². The Kier molecular flexibility index (Phi) is 9.25. The van der Waals surface area contributed by atoms with Crippen molar-refractivity contribution in [2.45, 2.75) is 56.5 Å². The largest absolute Gasteiger partial charge is 0.465 e. The zero-order valence-corrected chi connectivity index (χ0v) is 18.5. The molecule has 0 N–H and O–H groups in total. The Labute approximate surface area is 183 Å². The molecule has 2 heterocycles. The van der Waals surface area contributed by atoms with E-state index < -0.39 is 53.5 Å². The molecule has 10 nitrogen and oxygen atoms in total. The minimum absolute atomic E-state index is 0.175. The van der Waals surface area contributed by atoms with Gasteiger partial charge in [-0.15, -0.1) is 0 Å². The Morgan fingerprint density at radius 2 is 1.52 bits per heavy atom. The van der Waals surface area contributed by atoms with Gasteiger partial charge in [0.15, 0.2) is 12.2 Å². The molecule has 1 saturated heterocycles. The average molecular weight is 455 g/mol. The highest BCUT2D eigenvalue weighted by atomic mass is 32.2. The van der Waals surface area contributed by atoms with Crippen molar-refractivity contribution < 1.29 is 42.9 Å². The summed E-state index contributed by atoms with van der Waals surface area (Å²) in [4.78, 5) is 50.7. The summed E-state index contributed by atoms with van der Waals surface area (Å²) in [7, 11) is 0. The van der Waals surface area contributed by atoms with Crippen LogP contribution in [-0.2, 0) is 42.9 Å². The van der Waals surface area contributed by atoms with Crippen LogP contribution in [0, 0.1) is 5.92 Å². The number of rotatable bonds is 8. The number of pyridine rings is 1. The second-order valence-electron chi connectivity index (χ2n) is 6.75. The van der Waals surface area contributed by atoms with Crippen LogP contribution in [0.4, 0.5) is 0 Å². The molecule has 0 aliphatic carbocycles. The Morgan fingerprint density at radius 1 is 0.903 bits per heavy atom. The topological polar surface area (TPSA) is 127 Å². The summed E-state index contributed by atoms with van der Waals surface area (Å²) in [6.07, 6.45) is -1.26. The van der Waals surface area contributed by atoms with Gasteiger partial charge in [-0.2, -0.15) is 0 Å². The molecular weight excluding hydrogens is 430 g/mol. The minimum atomic E-state index is -1.03. The van der Waals surface area contributed by atoms with Gasteiger partial charge in [0.25, 0.3) is 0 Å². The molecular formula is C20H25NO9S. The van der Waals surface area contributed by atoms with Crippen LogP contribution in [0.2, 0.25) is 0 Å². The highest BCUT2D eigenvalue weighted by molar-refractivity contribution is 7.99. The van der Waals surface area contributed by atoms with E-state index in [2.05, 4.69) is 4.98 Å². The smallest absolute Gasteiger partial charge is 0.303 e. The summed E-state index contributed by atoms with van der Waals surface area (Å²) < 4.78 is 27.3. The minimum Gasteiger partial charge on any atom is -0.465 e. The van der Waals surface area contributed by atoms with Crippen LogP contribution in [0.5, 0.6) is 0 Å². The van der Waals surface area contributed by atoms with E-state index in [1.807, 2.05) is 0 Å². The van der Waals surface area contributed by atoms with Gasteiger partial charge in [0.05, 0.1) is 10.9 Å². The van der Waals surface area contributed by atoms with Crippen molar-refractivity contribution in [1.82, 2.24) is 4.98 Å². The third kappa shape index (κ3) is 7.83. The van der Waals surface area contributed by atoms with Gasteiger partial charge >= 0.3 is 23.9 Å². The van der Waals surface area contributed by atoms with E-state index in [0.29, 0.717) is 5.03 Å². The number of esters is 4. The van der Waals surface area contributed by atoms with E-state index >= 15 is 0 Å². The molecule has 1 fully saturated rings. The molecule has 0 unspecified atom stereocenters. The van der Waals surface area contributed by atoms with E-state index in [9.17, 15) is 19.2 Å². The molecule has 0 spiro atoms. The molecule has 0 bridgehead atoms. The van der Waals surface area contributed by atoms with Gasteiger partial charge in [0.2, 0.25) is 0 Å².